The zero-order valence-corrected chi connectivity index (χ0v) is 17.6. The minimum atomic E-state index is -0.716. The van der Waals surface area contributed by atoms with Gasteiger partial charge in [-0.2, -0.15) is 0 Å². The molecule has 31 heavy (non-hydrogen) atoms. The van der Waals surface area contributed by atoms with Crippen LogP contribution in [0.15, 0.2) is 64.5 Å². The van der Waals surface area contributed by atoms with E-state index in [4.69, 9.17) is 0 Å². The van der Waals surface area contributed by atoms with Crippen LogP contribution in [0.25, 0.3) is 11.3 Å². The normalized spacial score (nSPS) is 14.5. The maximum atomic E-state index is 14.2. The lowest BCUT2D eigenvalue weighted by molar-refractivity contribution is -0.384. The molecule has 0 spiro atoms. The number of rotatable bonds is 6. The molecule has 0 radical (unpaired) electrons. The maximum Gasteiger partial charge on any atom is 0.269 e. The number of nitro groups is 1. The first-order chi connectivity index (χ1) is 15.0. The van der Waals surface area contributed by atoms with Gasteiger partial charge in [0.25, 0.3) is 5.69 Å². The summed E-state index contributed by atoms with van der Waals surface area (Å²) in [5, 5.41) is 12.9. The molecule has 0 saturated carbocycles. The highest BCUT2D eigenvalue weighted by molar-refractivity contribution is 7.07. The minimum Gasteiger partial charge on any atom is -0.316 e. The SMILES string of the molecule is O=[N+]([O-])c1ccc(-c2csc(=Nc3ccc(F)cc3F)n2CCC2=CCCCC2)cc1. The lowest BCUT2D eigenvalue weighted by atomic mass is 9.97. The molecule has 0 unspecified atom stereocenters. The van der Waals surface area contributed by atoms with Crippen molar-refractivity contribution < 1.29 is 13.7 Å². The Kier molecular flexibility index (Phi) is 6.36. The number of hydrogen-bond donors (Lipinski definition) is 0. The third kappa shape index (κ3) is 4.96. The summed E-state index contributed by atoms with van der Waals surface area (Å²) in [5.41, 5.74) is 3.18. The van der Waals surface area contributed by atoms with Crippen molar-refractivity contribution in [3.63, 3.8) is 0 Å². The standard InChI is InChI=1S/C23H21F2N3O2S/c24-18-8-11-21(20(25)14-18)26-23-27(13-12-16-4-2-1-3-5-16)22(15-31-23)17-6-9-19(10-7-17)28(29)30/h4,6-11,14-15H,1-3,5,12-13H2. The molecule has 0 N–H and O–H groups in total. The lowest BCUT2D eigenvalue weighted by Gasteiger charge is -2.14. The Hall–Kier alpha value is -3.13. The Bertz CT molecular complexity index is 1200. The highest BCUT2D eigenvalue weighted by Crippen LogP contribution is 2.26. The third-order valence-corrected chi connectivity index (χ3v) is 6.20. The molecule has 0 amide bonds. The van der Waals surface area contributed by atoms with E-state index < -0.39 is 16.6 Å². The van der Waals surface area contributed by atoms with E-state index in [1.54, 1.807) is 12.1 Å². The molecular formula is C23H21F2N3O2S. The van der Waals surface area contributed by atoms with Crippen LogP contribution in [-0.2, 0) is 6.54 Å². The third-order valence-electron chi connectivity index (χ3n) is 5.34. The van der Waals surface area contributed by atoms with Crippen molar-refractivity contribution in [3.8, 4) is 11.3 Å². The van der Waals surface area contributed by atoms with Crippen molar-refractivity contribution in [3.05, 3.63) is 86.0 Å². The first kappa shape index (κ1) is 21.1. The van der Waals surface area contributed by atoms with E-state index in [9.17, 15) is 18.9 Å². The minimum absolute atomic E-state index is 0.0242. The average Bonchev–Trinajstić information content (AvgIpc) is 3.17. The average molecular weight is 442 g/mol. The van der Waals surface area contributed by atoms with Crippen molar-refractivity contribution in [2.45, 2.75) is 38.6 Å². The van der Waals surface area contributed by atoms with Crippen molar-refractivity contribution in [2.75, 3.05) is 0 Å². The smallest absolute Gasteiger partial charge is 0.269 e. The highest BCUT2D eigenvalue weighted by Gasteiger charge is 2.13. The summed E-state index contributed by atoms with van der Waals surface area (Å²) in [6, 6.07) is 9.68. The molecule has 0 fully saturated rings. The van der Waals surface area contributed by atoms with E-state index in [0.717, 1.165) is 36.6 Å². The first-order valence-electron chi connectivity index (χ1n) is 10.1. The molecule has 1 heterocycles. The second kappa shape index (κ2) is 9.34. The summed E-state index contributed by atoms with van der Waals surface area (Å²) in [5.74, 6) is -1.36. The van der Waals surface area contributed by atoms with Gasteiger partial charge in [-0.25, -0.2) is 13.8 Å². The number of hydrogen-bond acceptors (Lipinski definition) is 4. The van der Waals surface area contributed by atoms with Gasteiger partial charge in [0.2, 0.25) is 0 Å². The van der Waals surface area contributed by atoms with E-state index >= 15 is 0 Å². The van der Waals surface area contributed by atoms with Crippen LogP contribution in [0.1, 0.15) is 32.1 Å². The van der Waals surface area contributed by atoms with Crippen molar-refractivity contribution in [1.29, 1.82) is 0 Å². The Morgan fingerprint density at radius 1 is 1.13 bits per heavy atom. The second-order valence-electron chi connectivity index (χ2n) is 7.42. The fourth-order valence-corrected chi connectivity index (χ4v) is 4.63. The summed E-state index contributed by atoms with van der Waals surface area (Å²) in [7, 11) is 0. The van der Waals surface area contributed by atoms with Gasteiger partial charge in [-0.1, -0.05) is 11.6 Å². The lowest BCUT2D eigenvalue weighted by Crippen LogP contribution is -2.17. The van der Waals surface area contributed by atoms with Crippen LogP contribution in [-0.4, -0.2) is 9.49 Å². The summed E-state index contributed by atoms with van der Waals surface area (Å²) in [6.45, 7) is 0.656. The maximum absolute atomic E-state index is 14.2. The topological polar surface area (TPSA) is 60.4 Å². The number of halogens is 2. The zero-order valence-electron chi connectivity index (χ0n) is 16.8. The van der Waals surface area contributed by atoms with Gasteiger partial charge >= 0.3 is 0 Å². The number of allylic oxidation sites excluding steroid dienone is 2. The molecule has 1 aliphatic carbocycles. The van der Waals surface area contributed by atoms with Gasteiger partial charge in [-0.15, -0.1) is 11.3 Å². The van der Waals surface area contributed by atoms with Crippen LogP contribution in [0.4, 0.5) is 20.2 Å². The first-order valence-corrected chi connectivity index (χ1v) is 11.0. The summed E-state index contributed by atoms with van der Waals surface area (Å²) in [4.78, 5) is 15.6. The van der Waals surface area contributed by atoms with Crippen LogP contribution in [0.3, 0.4) is 0 Å². The van der Waals surface area contributed by atoms with Crippen molar-refractivity contribution >= 4 is 22.7 Å². The molecule has 3 aromatic rings. The van der Waals surface area contributed by atoms with Crippen LogP contribution in [0.5, 0.6) is 0 Å². The Labute approximate surface area is 182 Å². The quantitative estimate of drug-likeness (QED) is 0.248. The fourth-order valence-electron chi connectivity index (χ4n) is 3.68. The molecule has 160 valence electrons. The van der Waals surface area contributed by atoms with E-state index in [1.807, 2.05) is 9.95 Å². The Balaban J connectivity index is 1.74. The molecule has 1 aliphatic rings. The molecule has 0 saturated heterocycles. The van der Waals surface area contributed by atoms with Crippen molar-refractivity contribution in [1.82, 2.24) is 4.57 Å². The van der Waals surface area contributed by atoms with E-state index in [-0.39, 0.29) is 11.4 Å². The van der Waals surface area contributed by atoms with Gasteiger partial charge in [0.1, 0.15) is 11.5 Å². The number of nitrogens with zero attached hydrogens (tertiary/aromatic N) is 3. The van der Waals surface area contributed by atoms with E-state index in [1.165, 1.54) is 54.0 Å². The summed E-state index contributed by atoms with van der Waals surface area (Å²) < 4.78 is 29.5. The molecule has 5 nitrogen and oxygen atoms in total. The van der Waals surface area contributed by atoms with Crippen LogP contribution >= 0.6 is 11.3 Å². The van der Waals surface area contributed by atoms with Gasteiger partial charge in [0.05, 0.1) is 10.6 Å². The molecule has 0 aliphatic heterocycles. The second-order valence-corrected chi connectivity index (χ2v) is 8.26. The predicted molar refractivity (Wildman–Crippen MR) is 117 cm³/mol. The van der Waals surface area contributed by atoms with E-state index in [0.29, 0.717) is 11.3 Å². The molecular weight excluding hydrogens is 420 g/mol. The van der Waals surface area contributed by atoms with E-state index in [2.05, 4.69) is 11.1 Å². The Morgan fingerprint density at radius 3 is 2.61 bits per heavy atom. The molecule has 0 bridgehead atoms. The monoisotopic (exact) mass is 441 g/mol. The van der Waals surface area contributed by atoms with Gasteiger partial charge in [-0.05, 0) is 61.9 Å². The highest BCUT2D eigenvalue weighted by atomic mass is 32.1. The van der Waals surface area contributed by atoms with Gasteiger partial charge in [0.15, 0.2) is 10.6 Å². The molecule has 0 atom stereocenters. The molecule has 2 aromatic carbocycles. The zero-order chi connectivity index (χ0) is 21.8. The largest absolute Gasteiger partial charge is 0.316 e. The molecule has 1 aromatic heterocycles. The number of aromatic nitrogens is 1. The summed E-state index contributed by atoms with van der Waals surface area (Å²) in [6.07, 6.45) is 7.72. The Morgan fingerprint density at radius 2 is 1.94 bits per heavy atom. The molecule has 8 heteroatoms. The fraction of sp³-hybridized carbons (Fsp3) is 0.261. The van der Waals surface area contributed by atoms with Gasteiger partial charge < -0.3 is 4.57 Å². The number of thiazole rings is 1. The number of nitro benzene ring substituents is 1. The van der Waals surface area contributed by atoms with Crippen LogP contribution in [0.2, 0.25) is 0 Å². The summed E-state index contributed by atoms with van der Waals surface area (Å²) >= 11 is 1.36. The van der Waals surface area contributed by atoms with Crippen LogP contribution in [0, 0.1) is 21.7 Å². The molecule has 4 rings (SSSR count). The number of non-ortho nitro benzene ring substituents is 1. The van der Waals surface area contributed by atoms with Crippen LogP contribution < -0.4 is 4.80 Å². The van der Waals surface area contributed by atoms with Gasteiger partial charge in [0, 0.05) is 30.1 Å². The van der Waals surface area contributed by atoms with Crippen molar-refractivity contribution in [2.24, 2.45) is 4.99 Å². The predicted octanol–water partition coefficient (Wildman–Crippen LogP) is 6.53. The number of benzene rings is 2. The van der Waals surface area contributed by atoms with Gasteiger partial charge in [-0.3, -0.25) is 10.1 Å².